The van der Waals surface area contributed by atoms with Gasteiger partial charge >= 0.3 is 0 Å². The van der Waals surface area contributed by atoms with Crippen LogP contribution in [-0.2, 0) is 0 Å². The first-order valence-electron chi connectivity index (χ1n) is 4.57. The van der Waals surface area contributed by atoms with Gasteiger partial charge in [0.15, 0.2) is 0 Å². The van der Waals surface area contributed by atoms with Gasteiger partial charge in [-0.15, -0.1) is 0 Å². The van der Waals surface area contributed by atoms with E-state index in [2.05, 4.69) is 4.98 Å². The van der Waals surface area contributed by atoms with Crippen molar-refractivity contribution < 1.29 is 5.11 Å². The quantitative estimate of drug-likeness (QED) is 0.808. The van der Waals surface area contributed by atoms with Crippen molar-refractivity contribution in [1.82, 2.24) is 4.98 Å². The summed E-state index contributed by atoms with van der Waals surface area (Å²) in [6.45, 7) is 3.71. The Morgan fingerprint density at radius 1 is 1.47 bits per heavy atom. The Hall–Kier alpha value is -0.350. The lowest BCUT2D eigenvalue weighted by Gasteiger charge is -2.29. The van der Waals surface area contributed by atoms with Gasteiger partial charge in [0.05, 0.1) is 0 Å². The molecule has 0 saturated heterocycles. The number of halogens is 2. The normalized spacial score (nSPS) is 14.0. The smallest absolute Gasteiger partial charge is 0.135 e. The number of aliphatic hydroxyl groups excluding tert-OH is 1. The number of nitrogens with zero attached hydrogens (tertiary/aromatic N) is 1. The molecule has 0 radical (unpaired) electrons. The minimum absolute atomic E-state index is 0.0207. The maximum absolute atomic E-state index is 9.20. The molecule has 0 fully saturated rings. The summed E-state index contributed by atoms with van der Waals surface area (Å²) in [5.74, 6) is 0. The third kappa shape index (κ3) is 2.82. The molecular weight excluding hydrogens is 235 g/mol. The number of rotatable bonds is 3. The highest BCUT2D eigenvalue weighted by Crippen LogP contribution is 2.34. The summed E-state index contributed by atoms with van der Waals surface area (Å²) in [5.41, 5.74) is 6.26. The van der Waals surface area contributed by atoms with Crippen LogP contribution >= 0.6 is 23.2 Å². The van der Waals surface area contributed by atoms with Gasteiger partial charge in [-0.3, -0.25) is 0 Å². The van der Waals surface area contributed by atoms with Crippen LogP contribution in [0.2, 0.25) is 10.3 Å². The summed E-state index contributed by atoms with van der Waals surface area (Å²) in [6, 6.07) is 3.00. The van der Waals surface area contributed by atoms with E-state index >= 15 is 0 Å². The Bertz CT molecular complexity index is 355. The molecule has 1 rings (SSSR count). The summed E-state index contributed by atoms with van der Waals surface area (Å²) in [7, 11) is 0. The van der Waals surface area contributed by atoms with Gasteiger partial charge in [-0.1, -0.05) is 43.1 Å². The Kier molecular flexibility index (Phi) is 3.95. The van der Waals surface area contributed by atoms with E-state index in [4.69, 9.17) is 28.9 Å². The van der Waals surface area contributed by atoms with Gasteiger partial charge in [-0.25, -0.2) is 4.98 Å². The second-order valence-electron chi connectivity index (χ2n) is 4.14. The fraction of sp³-hybridized carbons (Fsp3) is 0.500. The van der Waals surface area contributed by atoms with Crippen molar-refractivity contribution in [3.05, 3.63) is 28.0 Å². The molecule has 0 unspecified atom stereocenters. The highest BCUT2D eigenvalue weighted by Gasteiger charge is 2.28. The molecular formula is C10H14Cl2N2O. The highest BCUT2D eigenvalue weighted by molar-refractivity contribution is 6.32. The van der Waals surface area contributed by atoms with Crippen molar-refractivity contribution in [2.45, 2.75) is 19.9 Å². The topological polar surface area (TPSA) is 59.1 Å². The predicted octanol–water partition coefficient (Wildman–Crippen LogP) is 2.41. The van der Waals surface area contributed by atoms with Crippen LogP contribution in [0.25, 0.3) is 0 Å². The lowest BCUT2D eigenvalue weighted by Crippen LogP contribution is -2.32. The Morgan fingerprint density at radius 2 is 2.07 bits per heavy atom. The molecule has 84 valence electrons. The lowest BCUT2D eigenvalue weighted by atomic mass is 9.82. The minimum Gasteiger partial charge on any atom is -0.396 e. The summed E-state index contributed by atoms with van der Waals surface area (Å²) in [6.07, 6.45) is 0. The van der Waals surface area contributed by atoms with Crippen molar-refractivity contribution in [2.75, 3.05) is 6.61 Å². The first-order chi connectivity index (χ1) is 6.88. The Balaban J connectivity index is 3.06. The second kappa shape index (κ2) is 4.66. The predicted molar refractivity (Wildman–Crippen MR) is 62.1 cm³/mol. The van der Waals surface area contributed by atoms with E-state index in [0.717, 1.165) is 0 Å². The van der Waals surface area contributed by atoms with E-state index in [1.165, 1.54) is 0 Å². The fourth-order valence-corrected chi connectivity index (χ4v) is 1.64. The van der Waals surface area contributed by atoms with Gasteiger partial charge in [0.2, 0.25) is 0 Å². The zero-order valence-electron chi connectivity index (χ0n) is 8.67. The number of hydrogen-bond acceptors (Lipinski definition) is 3. The molecule has 0 saturated carbocycles. The summed E-state index contributed by atoms with van der Waals surface area (Å²) in [5, 5.41) is 9.82. The fourth-order valence-electron chi connectivity index (χ4n) is 1.17. The highest BCUT2D eigenvalue weighted by atomic mass is 35.5. The molecule has 1 heterocycles. The second-order valence-corrected chi connectivity index (χ2v) is 4.88. The SMILES string of the molecule is CC(C)(CO)[C@@H](N)c1ccc(Cl)nc1Cl. The molecule has 0 aliphatic carbocycles. The molecule has 1 aromatic rings. The van der Waals surface area contributed by atoms with Crippen molar-refractivity contribution in [3.8, 4) is 0 Å². The van der Waals surface area contributed by atoms with E-state index in [1.54, 1.807) is 12.1 Å². The van der Waals surface area contributed by atoms with Crippen LogP contribution in [0.5, 0.6) is 0 Å². The van der Waals surface area contributed by atoms with Gasteiger partial charge in [0.25, 0.3) is 0 Å². The molecule has 3 N–H and O–H groups in total. The Morgan fingerprint density at radius 3 is 2.53 bits per heavy atom. The molecule has 0 aliphatic heterocycles. The first-order valence-corrected chi connectivity index (χ1v) is 5.32. The van der Waals surface area contributed by atoms with E-state index in [-0.39, 0.29) is 17.8 Å². The van der Waals surface area contributed by atoms with Gasteiger partial charge in [-0.2, -0.15) is 0 Å². The monoisotopic (exact) mass is 248 g/mol. The average molecular weight is 249 g/mol. The molecule has 3 nitrogen and oxygen atoms in total. The van der Waals surface area contributed by atoms with Gasteiger partial charge in [0.1, 0.15) is 10.3 Å². The van der Waals surface area contributed by atoms with Crippen LogP contribution < -0.4 is 5.73 Å². The number of pyridine rings is 1. The van der Waals surface area contributed by atoms with Gasteiger partial charge in [-0.05, 0) is 6.07 Å². The van der Waals surface area contributed by atoms with Crippen LogP contribution in [0.1, 0.15) is 25.5 Å². The van der Waals surface area contributed by atoms with Crippen LogP contribution in [0.15, 0.2) is 12.1 Å². The van der Waals surface area contributed by atoms with Crippen LogP contribution in [0.4, 0.5) is 0 Å². The molecule has 0 aliphatic rings. The Labute approximate surface area is 99.2 Å². The molecule has 0 spiro atoms. The zero-order valence-corrected chi connectivity index (χ0v) is 10.2. The lowest BCUT2D eigenvalue weighted by molar-refractivity contribution is 0.132. The third-order valence-electron chi connectivity index (χ3n) is 2.43. The average Bonchev–Trinajstić information content (AvgIpc) is 2.17. The van der Waals surface area contributed by atoms with Crippen molar-refractivity contribution in [1.29, 1.82) is 0 Å². The molecule has 5 heteroatoms. The van der Waals surface area contributed by atoms with Gasteiger partial charge < -0.3 is 10.8 Å². The van der Waals surface area contributed by atoms with Crippen molar-refractivity contribution in [2.24, 2.45) is 11.1 Å². The molecule has 15 heavy (non-hydrogen) atoms. The van der Waals surface area contributed by atoms with Crippen LogP contribution in [0, 0.1) is 5.41 Å². The number of hydrogen-bond donors (Lipinski definition) is 2. The van der Waals surface area contributed by atoms with Crippen LogP contribution in [0.3, 0.4) is 0 Å². The van der Waals surface area contributed by atoms with Crippen molar-refractivity contribution in [3.63, 3.8) is 0 Å². The first kappa shape index (κ1) is 12.7. The minimum atomic E-state index is -0.445. The maximum atomic E-state index is 9.20. The number of aliphatic hydroxyl groups is 1. The third-order valence-corrected chi connectivity index (χ3v) is 2.94. The molecule has 1 atom stereocenters. The van der Waals surface area contributed by atoms with E-state index < -0.39 is 5.41 Å². The van der Waals surface area contributed by atoms with E-state index in [0.29, 0.717) is 10.7 Å². The van der Waals surface area contributed by atoms with Gasteiger partial charge in [0, 0.05) is 23.6 Å². The molecule has 1 aromatic heterocycles. The standard InChI is InChI=1S/C10H14Cl2N2O/c1-10(2,5-15)8(13)6-3-4-7(11)14-9(6)12/h3-4,8,15H,5,13H2,1-2H3/t8-/m0/s1. The molecule has 0 amide bonds. The molecule has 0 aromatic carbocycles. The van der Waals surface area contributed by atoms with Crippen LogP contribution in [-0.4, -0.2) is 16.7 Å². The summed E-state index contributed by atoms with van der Waals surface area (Å²) < 4.78 is 0. The largest absolute Gasteiger partial charge is 0.396 e. The number of nitrogens with two attached hydrogens (primary N) is 1. The van der Waals surface area contributed by atoms with Crippen molar-refractivity contribution >= 4 is 23.2 Å². The zero-order chi connectivity index (χ0) is 11.6. The maximum Gasteiger partial charge on any atom is 0.135 e. The van der Waals surface area contributed by atoms with E-state index in [9.17, 15) is 5.11 Å². The summed E-state index contributed by atoms with van der Waals surface area (Å²) in [4.78, 5) is 3.91. The number of aromatic nitrogens is 1. The molecule has 0 bridgehead atoms. The summed E-state index contributed by atoms with van der Waals surface area (Å²) >= 11 is 11.6. The van der Waals surface area contributed by atoms with E-state index in [1.807, 2.05) is 13.8 Å².